The molecule has 0 saturated carbocycles. The zero-order chi connectivity index (χ0) is 10.4. The number of rotatable bonds is 5. The second-order valence-corrected chi connectivity index (χ2v) is 4.79. The Bertz CT molecular complexity index is 278. The maximum absolute atomic E-state index is 6.13. The lowest BCUT2D eigenvalue weighted by Crippen LogP contribution is -2.11. The maximum Gasteiger partial charge on any atom is 0.0305 e. The highest BCUT2D eigenvalue weighted by atomic mass is 127. The summed E-state index contributed by atoms with van der Waals surface area (Å²) in [6.07, 6.45) is 4.90. The minimum atomic E-state index is 0. The molecule has 1 atom stereocenters. The van der Waals surface area contributed by atoms with Crippen LogP contribution in [0.1, 0.15) is 44.2 Å². The van der Waals surface area contributed by atoms with Gasteiger partial charge in [0, 0.05) is 9.61 Å². The lowest BCUT2D eigenvalue weighted by Gasteiger charge is -2.13. The van der Waals surface area contributed by atoms with Crippen molar-refractivity contribution in [3.63, 3.8) is 0 Å². The smallest absolute Gasteiger partial charge is 0.0305 e. The van der Waals surface area contributed by atoms with Gasteiger partial charge in [0.2, 0.25) is 0 Å². The fraction of sp³-hybridized carbons (Fsp3) is 0.500. The van der Waals surface area contributed by atoms with Gasteiger partial charge in [-0.05, 0) is 40.6 Å². The molecule has 0 spiro atoms. The van der Waals surface area contributed by atoms with E-state index in [9.17, 15) is 0 Å². The molecule has 0 aliphatic rings. The Kier molecular flexibility index (Phi) is 8.47. The molecule has 0 saturated heterocycles. The van der Waals surface area contributed by atoms with Gasteiger partial charge in [-0.2, -0.15) is 0 Å². The van der Waals surface area contributed by atoms with Crippen LogP contribution in [-0.4, -0.2) is 0 Å². The molecule has 0 amide bonds. The number of unbranched alkanes of at least 4 members (excludes halogenated alkanes) is 2. The van der Waals surface area contributed by atoms with E-state index in [2.05, 4.69) is 53.8 Å². The van der Waals surface area contributed by atoms with Gasteiger partial charge in [-0.25, -0.2) is 0 Å². The van der Waals surface area contributed by atoms with Crippen LogP contribution in [-0.2, 0) is 0 Å². The Balaban J connectivity index is 0.00000196. The van der Waals surface area contributed by atoms with Crippen molar-refractivity contribution in [1.82, 2.24) is 0 Å². The fourth-order valence-electron chi connectivity index (χ4n) is 1.55. The predicted molar refractivity (Wildman–Crippen MR) is 77.5 cm³/mol. The van der Waals surface area contributed by atoms with E-state index in [0.29, 0.717) is 0 Å². The molecule has 0 heterocycles. The van der Waals surface area contributed by atoms with Crippen LogP contribution < -0.4 is 5.73 Å². The predicted octanol–water partition coefficient (Wildman–Crippen LogP) is 4.29. The van der Waals surface area contributed by atoms with E-state index in [1.165, 1.54) is 28.4 Å². The molecule has 1 aromatic carbocycles. The Hall–Kier alpha value is 0.200. The number of benzene rings is 1. The highest BCUT2D eigenvalue weighted by Gasteiger charge is 2.07. The zero-order valence-electron chi connectivity index (χ0n) is 9.08. The van der Waals surface area contributed by atoms with Crippen molar-refractivity contribution in [3.05, 3.63) is 33.4 Å². The average Bonchev–Trinajstić information content (AvgIpc) is 2.18. The summed E-state index contributed by atoms with van der Waals surface area (Å²) in [7, 11) is 0. The van der Waals surface area contributed by atoms with Crippen molar-refractivity contribution in [2.24, 2.45) is 5.73 Å². The van der Waals surface area contributed by atoms with Gasteiger partial charge in [-0.3, -0.25) is 0 Å². The third-order valence-corrected chi connectivity index (χ3v) is 3.41. The fourth-order valence-corrected chi connectivity index (χ4v) is 2.33. The van der Waals surface area contributed by atoms with E-state index in [-0.39, 0.29) is 18.4 Å². The van der Waals surface area contributed by atoms with Crippen LogP contribution in [0.5, 0.6) is 0 Å². The van der Waals surface area contributed by atoms with Crippen molar-refractivity contribution in [1.29, 1.82) is 0 Å². The summed E-state index contributed by atoms with van der Waals surface area (Å²) in [5, 5.41) is 0. The van der Waals surface area contributed by atoms with Gasteiger partial charge >= 0.3 is 0 Å². The van der Waals surface area contributed by atoms with E-state index >= 15 is 0 Å². The molecule has 1 aromatic rings. The molecule has 86 valence electrons. The molecule has 0 aliphatic carbocycles. The number of hydrogen-bond acceptors (Lipinski definition) is 1. The molecule has 1 rings (SSSR count). The molecule has 3 heteroatoms. The number of hydrogen-bond donors (Lipinski definition) is 1. The summed E-state index contributed by atoms with van der Waals surface area (Å²) in [4.78, 5) is 0. The van der Waals surface area contributed by atoms with Crippen molar-refractivity contribution in [2.75, 3.05) is 0 Å². The van der Waals surface area contributed by atoms with Crippen LogP contribution in [0, 0.1) is 3.57 Å². The van der Waals surface area contributed by atoms with Crippen molar-refractivity contribution in [2.45, 2.75) is 38.6 Å². The van der Waals surface area contributed by atoms with E-state index in [4.69, 9.17) is 5.73 Å². The Morgan fingerprint density at radius 1 is 1.27 bits per heavy atom. The molecule has 2 N–H and O–H groups in total. The van der Waals surface area contributed by atoms with Gasteiger partial charge in [-0.15, -0.1) is 12.4 Å². The van der Waals surface area contributed by atoms with Crippen LogP contribution >= 0.6 is 35.0 Å². The largest absolute Gasteiger partial charge is 0.324 e. The molecular weight excluding hydrogens is 320 g/mol. The topological polar surface area (TPSA) is 26.0 Å². The van der Waals surface area contributed by atoms with Crippen molar-refractivity contribution < 1.29 is 0 Å². The van der Waals surface area contributed by atoms with Crippen molar-refractivity contribution in [3.8, 4) is 0 Å². The molecule has 0 radical (unpaired) electrons. The summed E-state index contributed by atoms with van der Waals surface area (Å²) in [6, 6.07) is 8.60. The lowest BCUT2D eigenvalue weighted by molar-refractivity contribution is 0.579. The first-order valence-corrected chi connectivity index (χ1v) is 6.33. The van der Waals surface area contributed by atoms with Crippen LogP contribution in [0.25, 0.3) is 0 Å². The molecular formula is C12H19ClIN. The highest BCUT2D eigenvalue weighted by Crippen LogP contribution is 2.22. The van der Waals surface area contributed by atoms with Crippen LogP contribution in [0.3, 0.4) is 0 Å². The minimum absolute atomic E-state index is 0. The summed E-state index contributed by atoms with van der Waals surface area (Å²) in [5.41, 5.74) is 7.43. The Morgan fingerprint density at radius 3 is 2.53 bits per heavy atom. The Morgan fingerprint density at radius 2 is 1.93 bits per heavy atom. The third kappa shape index (κ3) is 5.18. The summed E-state index contributed by atoms with van der Waals surface area (Å²) >= 11 is 2.36. The monoisotopic (exact) mass is 339 g/mol. The zero-order valence-corrected chi connectivity index (χ0v) is 12.1. The molecule has 0 bridgehead atoms. The first kappa shape index (κ1) is 15.2. The van der Waals surface area contributed by atoms with E-state index in [1.807, 2.05) is 0 Å². The Labute approximate surface area is 112 Å². The van der Waals surface area contributed by atoms with Gasteiger partial charge in [-0.1, -0.05) is 44.4 Å². The van der Waals surface area contributed by atoms with Gasteiger partial charge in [0.15, 0.2) is 0 Å². The van der Waals surface area contributed by atoms with E-state index in [1.54, 1.807) is 0 Å². The molecule has 0 aliphatic heterocycles. The second kappa shape index (κ2) is 8.36. The molecule has 1 nitrogen and oxygen atoms in total. The summed E-state index contributed by atoms with van der Waals surface area (Å²) < 4.78 is 1.29. The molecule has 0 fully saturated rings. The van der Waals surface area contributed by atoms with Crippen LogP contribution in [0.2, 0.25) is 0 Å². The molecule has 0 unspecified atom stereocenters. The van der Waals surface area contributed by atoms with E-state index in [0.717, 1.165) is 6.42 Å². The van der Waals surface area contributed by atoms with Gasteiger partial charge < -0.3 is 5.73 Å². The van der Waals surface area contributed by atoms with Crippen LogP contribution in [0.4, 0.5) is 0 Å². The number of nitrogens with two attached hydrogens (primary N) is 1. The standard InChI is InChI=1S/C12H18IN.ClH/c1-2-3-4-9-12(14)10-7-5-6-8-11(10)13;/h5-8,12H,2-4,9,14H2,1H3;1H/t12-;/m0./s1. The number of halogens is 2. The van der Waals surface area contributed by atoms with Gasteiger partial charge in [0.05, 0.1) is 0 Å². The first-order chi connectivity index (χ1) is 6.75. The quantitative estimate of drug-likeness (QED) is 0.628. The summed E-state index contributed by atoms with van der Waals surface area (Å²) in [6.45, 7) is 2.22. The van der Waals surface area contributed by atoms with Gasteiger partial charge in [0.25, 0.3) is 0 Å². The second-order valence-electron chi connectivity index (χ2n) is 3.62. The maximum atomic E-state index is 6.13. The van der Waals surface area contributed by atoms with Crippen molar-refractivity contribution >= 4 is 35.0 Å². The average molecular weight is 340 g/mol. The highest BCUT2D eigenvalue weighted by molar-refractivity contribution is 14.1. The lowest BCUT2D eigenvalue weighted by atomic mass is 10.0. The SMILES string of the molecule is CCCCC[C@H](N)c1ccccc1I.Cl. The minimum Gasteiger partial charge on any atom is -0.324 e. The normalized spacial score (nSPS) is 11.9. The third-order valence-electron chi connectivity index (χ3n) is 2.42. The molecule has 0 aromatic heterocycles. The molecule has 15 heavy (non-hydrogen) atoms. The van der Waals surface area contributed by atoms with Gasteiger partial charge in [0.1, 0.15) is 0 Å². The first-order valence-electron chi connectivity index (χ1n) is 5.25. The summed E-state index contributed by atoms with van der Waals surface area (Å²) in [5.74, 6) is 0. The van der Waals surface area contributed by atoms with Crippen LogP contribution in [0.15, 0.2) is 24.3 Å². The van der Waals surface area contributed by atoms with E-state index < -0.39 is 0 Å².